The molecule has 168 valence electrons. The Bertz CT molecular complexity index is 947. The first-order chi connectivity index (χ1) is 15.2. The minimum atomic E-state index is -1.44. The lowest BCUT2D eigenvalue weighted by atomic mass is 9.76. The molecule has 0 aliphatic carbocycles. The molecule has 0 aliphatic rings. The third-order valence-corrected chi connectivity index (χ3v) is 4.82. The van der Waals surface area contributed by atoms with Crippen LogP contribution < -0.4 is 10.6 Å². The van der Waals surface area contributed by atoms with E-state index in [0.717, 1.165) is 29.5 Å². The van der Waals surface area contributed by atoms with Crippen molar-refractivity contribution in [3.63, 3.8) is 0 Å². The number of aryl methyl sites for hydroxylation is 1. The molecule has 4 N–H and O–H groups in total. The number of carbonyl (C=O) groups is 1. The van der Waals surface area contributed by atoms with Gasteiger partial charge < -0.3 is 20.7 Å². The molecule has 0 heterocycles. The zero-order valence-electron chi connectivity index (χ0n) is 19.0. The average Bonchev–Trinajstić information content (AvgIpc) is 2.73. The van der Waals surface area contributed by atoms with E-state index >= 15 is 0 Å². The number of nitrogens with zero attached hydrogens (tertiary/aromatic N) is 1. The molecule has 6 nitrogen and oxygen atoms in total. The van der Waals surface area contributed by atoms with Gasteiger partial charge in [0.05, 0.1) is 0 Å². The van der Waals surface area contributed by atoms with Crippen molar-refractivity contribution >= 4 is 19.1 Å². The minimum absolute atomic E-state index is 0.0689. The highest BCUT2D eigenvalue weighted by molar-refractivity contribution is 6.43. The van der Waals surface area contributed by atoms with E-state index in [4.69, 9.17) is 0 Å². The fourth-order valence-corrected chi connectivity index (χ4v) is 3.29. The van der Waals surface area contributed by atoms with E-state index in [1.54, 1.807) is 6.08 Å². The lowest BCUT2D eigenvalue weighted by Gasteiger charge is -2.20. The predicted molar refractivity (Wildman–Crippen MR) is 128 cm³/mol. The summed E-state index contributed by atoms with van der Waals surface area (Å²) in [7, 11) is -1.44. The van der Waals surface area contributed by atoms with Crippen molar-refractivity contribution in [2.24, 2.45) is 0 Å². The first kappa shape index (κ1) is 25.3. The summed E-state index contributed by atoms with van der Waals surface area (Å²) >= 11 is 0. The zero-order valence-corrected chi connectivity index (χ0v) is 19.0. The SMILES string of the molecule is CC(C)(C)NC(=O)C(C#N)=Cc1cccc(CCCN[C@@H](Cc2ccccc2)B(O)O)c1. The lowest BCUT2D eigenvalue weighted by molar-refractivity contribution is -0.118. The van der Waals surface area contributed by atoms with E-state index in [2.05, 4.69) is 10.6 Å². The summed E-state index contributed by atoms with van der Waals surface area (Å²) in [6.45, 7) is 6.24. The lowest BCUT2D eigenvalue weighted by Crippen LogP contribution is -2.45. The van der Waals surface area contributed by atoms with Gasteiger partial charge in [-0.05, 0) is 69.3 Å². The van der Waals surface area contributed by atoms with Gasteiger partial charge in [-0.1, -0.05) is 54.6 Å². The quantitative estimate of drug-likeness (QED) is 0.200. The van der Waals surface area contributed by atoms with Crippen LogP contribution in [0.4, 0.5) is 0 Å². The summed E-state index contributed by atoms with van der Waals surface area (Å²) in [5, 5.41) is 34.8. The van der Waals surface area contributed by atoms with Gasteiger partial charge in [0.2, 0.25) is 0 Å². The van der Waals surface area contributed by atoms with Crippen LogP contribution in [-0.2, 0) is 17.6 Å². The highest BCUT2D eigenvalue weighted by Gasteiger charge is 2.22. The molecule has 0 bridgehead atoms. The second-order valence-corrected chi connectivity index (χ2v) is 8.89. The molecule has 0 aromatic heterocycles. The van der Waals surface area contributed by atoms with Crippen molar-refractivity contribution in [3.8, 4) is 6.07 Å². The van der Waals surface area contributed by atoms with Crippen LogP contribution in [0.1, 0.15) is 43.9 Å². The average molecular weight is 433 g/mol. The highest BCUT2D eigenvalue weighted by atomic mass is 16.4. The number of hydrogen-bond acceptors (Lipinski definition) is 5. The van der Waals surface area contributed by atoms with Gasteiger partial charge in [-0.3, -0.25) is 4.79 Å². The van der Waals surface area contributed by atoms with Gasteiger partial charge in [-0.15, -0.1) is 0 Å². The van der Waals surface area contributed by atoms with Crippen LogP contribution in [0.3, 0.4) is 0 Å². The van der Waals surface area contributed by atoms with Crippen LogP contribution in [0.25, 0.3) is 6.08 Å². The van der Waals surface area contributed by atoms with Crippen molar-refractivity contribution in [2.45, 2.75) is 51.5 Å². The molecule has 1 amide bonds. The number of benzene rings is 2. The zero-order chi connectivity index (χ0) is 23.6. The van der Waals surface area contributed by atoms with E-state index in [0.29, 0.717) is 13.0 Å². The second kappa shape index (κ2) is 12.2. The Morgan fingerprint density at radius 2 is 1.81 bits per heavy atom. The van der Waals surface area contributed by atoms with E-state index < -0.39 is 18.6 Å². The smallest absolute Gasteiger partial charge is 0.426 e. The van der Waals surface area contributed by atoms with Gasteiger partial charge in [0.15, 0.2) is 0 Å². The summed E-state index contributed by atoms with van der Waals surface area (Å²) in [5.41, 5.74) is 2.57. The van der Waals surface area contributed by atoms with Gasteiger partial charge in [0, 0.05) is 11.5 Å². The fourth-order valence-electron chi connectivity index (χ4n) is 3.29. The summed E-state index contributed by atoms with van der Waals surface area (Å²) < 4.78 is 0. The van der Waals surface area contributed by atoms with Gasteiger partial charge in [-0.2, -0.15) is 5.26 Å². The van der Waals surface area contributed by atoms with Gasteiger partial charge in [-0.25, -0.2) is 0 Å². The number of carbonyl (C=O) groups excluding carboxylic acids is 1. The summed E-state index contributed by atoms with van der Waals surface area (Å²) in [4.78, 5) is 12.3. The summed E-state index contributed by atoms with van der Waals surface area (Å²) in [6, 6.07) is 19.4. The molecule has 1 atom stereocenters. The van der Waals surface area contributed by atoms with Crippen molar-refractivity contribution in [2.75, 3.05) is 6.54 Å². The van der Waals surface area contributed by atoms with Crippen LogP contribution in [0.5, 0.6) is 0 Å². The molecule has 0 fully saturated rings. The molecular weight excluding hydrogens is 401 g/mol. The molecule has 0 aliphatic heterocycles. The van der Waals surface area contributed by atoms with Gasteiger partial charge in [0.25, 0.3) is 5.91 Å². The molecule has 0 saturated heterocycles. The Kier molecular flexibility index (Phi) is 9.67. The van der Waals surface area contributed by atoms with Crippen molar-refractivity contribution < 1.29 is 14.8 Å². The van der Waals surface area contributed by atoms with Crippen molar-refractivity contribution in [1.29, 1.82) is 5.26 Å². The molecule has 0 saturated carbocycles. The van der Waals surface area contributed by atoms with Gasteiger partial charge >= 0.3 is 7.12 Å². The second-order valence-electron chi connectivity index (χ2n) is 8.89. The Labute approximate surface area is 191 Å². The number of nitrogens with one attached hydrogen (secondary N) is 2. The molecular formula is C25H32BN3O3. The minimum Gasteiger partial charge on any atom is -0.426 e. The maximum absolute atomic E-state index is 12.3. The maximum atomic E-state index is 12.3. The first-order valence-electron chi connectivity index (χ1n) is 10.8. The van der Waals surface area contributed by atoms with E-state index in [-0.39, 0.29) is 11.5 Å². The Hall–Kier alpha value is -2.92. The molecule has 2 aromatic carbocycles. The number of amides is 1. The van der Waals surface area contributed by atoms with Crippen LogP contribution in [0.15, 0.2) is 60.2 Å². The Balaban J connectivity index is 1.92. The summed E-state index contributed by atoms with van der Waals surface area (Å²) in [6.07, 6.45) is 3.72. The number of nitriles is 1. The van der Waals surface area contributed by atoms with Crippen molar-refractivity contribution in [1.82, 2.24) is 10.6 Å². The van der Waals surface area contributed by atoms with E-state index in [1.807, 2.05) is 81.4 Å². The summed E-state index contributed by atoms with van der Waals surface area (Å²) in [5.74, 6) is -0.826. The molecule has 0 radical (unpaired) electrons. The Morgan fingerprint density at radius 3 is 2.44 bits per heavy atom. The normalized spacial score (nSPS) is 12.7. The van der Waals surface area contributed by atoms with Crippen LogP contribution in [0.2, 0.25) is 0 Å². The number of rotatable bonds is 10. The molecule has 0 unspecified atom stereocenters. The fraction of sp³-hybridized carbons (Fsp3) is 0.360. The molecule has 0 spiro atoms. The highest BCUT2D eigenvalue weighted by Crippen LogP contribution is 2.13. The first-order valence-corrected chi connectivity index (χ1v) is 10.8. The van der Waals surface area contributed by atoms with Crippen LogP contribution in [0, 0.1) is 11.3 Å². The van der Waals surface area contributed by atoms with Crippen LogP contribution >= 0.6 is 0 Å². The van der Waals surface area contributed by atoms with Crippen LogP contribution in [-0.4, -0.2) is 41.1 Å². The Morgan fingerprint density at radius 1 is 1.12 bits per heavy atom. The third kappa shape index (κ3) is 9.07. The topological polar surface area (TPSA) is 105 Å². The standard InChI is InChI=1S/C25H32BN3O3/c1-25(2,3)29-24(30)22(18-27)16-21-12-7-11-19(15-21)13-8-14-28-23(26(31)32)17-20-9-5-4-6-10-20/h4-7,9-12,15-16,23,28,31-32H,8,13-14,17H2,1-3H3,(H,29,30)/t23-/m0/s1. The number of hydrogen-bond donors (Lipinski definition) is 4. The van der Waals surface area contributed by atoms with E-state index in [1.165, 1.54) is 0 Å². The monoisotopic (exact) mass is 433 g/mol. The van der Waals surface area contributed by atoms with Gasteiger partial charge in [0.1, 0.15) is 11.6 Å². The predicted octanol–water partition coefficient (Wildman–Crippen LogP) is 2.65. The maximum Gasteiger partial charge on any atom is 0.469 e. The molecule has 2 rings (SSSR count). The third-order valence-electron chi connectivity index (χ3n) is 4.82. The molecule has 7 heteroatoms. The van der Waals surface area contributed by atoms with Crippen molar-refractivity contribution in [3.05, 3.63) is 76.9 Å². The largest absolute Gasteiger partial charge is 0.469 e. The molecule has 32 heavy (non-hydrogen) atoms. The molecule has 2 aromatic rings. The van der Waals surface area contributed by atoms with E-state index in [9.17, 15) is 20.1 Å².